The summed E-state index contributed by atoms with van der Waals surface area (Å²) in [6, 6.07) is 3.73. The molecule has 0 spiro atoms. The number of aromatic amines is 1. The second kappa shape index (κ2) is 5.07. The molecule has 4 N–H and O–H groups in total. The molecule has 3 heterocycles. The van der Waals surface area contributed by atoms with Crippen LogP contribution < -0.4 is 11.1 Å². The van der Waals surface area contributed by atoms with Crippen LogP contribution in [0.2, 0.25) is 5.02 Å². The van der Waals surface area contributed by atoms with Gasteiger partial charge in [-0.2, -0.15) is 10.2 Å². The maximum atomic E-state index is 12.0. The number of halogens is 1. The number of hydrogen-bond acceptors (Lipinski definition) is 4. The first kappa shape index (κ1) is 14.2. The van der Waals surface area contributed by atoms with Gasteiger partial charge < -0.3 is 11.1 Å². The van der Waals surface area contributed by atoms with Crippen LogP contribution in [-0.4, -0.2) is 32.4 Å². The van der Waals surface area contributed by atoms with Crippen LogP contribution in [0.15, 0.2) is 12.1 Å². The molecule has 7 nitrogen and oxygen atoms in total. The topological polar surface area (TPSA) is 102 Å². The van der Waals surface area contributed by atoms with Crippen LogP contribution in [0.25, 0.3) is 22.2 Å². The Kier molecular flexibility index (Phi) is 3.14. The van der Waals surface area contributed by atoms with Crippen LogP contribution >= 0.6 is 11.6 Å². The molecule has 0 radical (unpaired) electrons. The third kappa shape index (κ3) is 2.12. The molecule has 0 atom stereocenters. The van der Waals surface area contributed by atoms with Gasteiger partial charge in [0.25, 0.3) is 5.91 Å². The molecule has 4 rings (SSSR count). The van der Waals surface area contributed by atoms with E-state index in [1.165, 1.54) is 0 Å². The van der Waals surface area contributed by atoms with Crippen molar-refractivity contribution >= 4 is 28.4 Å². The van der Waals surface area contributed by atoms with Gasteiger partial charge in [-0.25, -0.2) is 0 Å². The number of rotatable bonds is 2. The molecular weight excluding hydrogens is 316 g/mol. The van der Waals surface area contributed by atoms with E-state index in [4.69, 9.17) is 17.3 Å². The first-order valence-electron chi connectivity index (χ1n) is 7.31. The normalized spacial score (nSPS) is 14.2. The van der Waals surface area contributed by atoms with Gasteiger partial charge >= 0.3 is 0 Å². The summed E-state index contributed by atoms with van der Waals surface area (Å²) in [7, 11) is 0. The lowest BCUT2D eigenvalue weighted by Gasteiger charge is -2.15. The lowest BCUT2D eigenvalue weighted by molar-refractivity contribution is 0.0999. The van der Waals surface area contributed by atoms with Crippen molar-refractivity contribution in [2.45, 2.75) is 20.0 Å². The van der Waals surface area contributed by atoms with Gasteiger partial charge in [0.1, 0.15) is 5.69 Å². The molecule has 118 valence electrons. The number of aryl methyl sites for hydroxylation is 1. The number of primary amides is 1. The SMILES string of the molecule is Cc1n[nH]c2c(Cl)cc(-c3nn4c(c3C(N)=O)CNCC4)cc12. The van der Waals surface area contributed by atoms with E-state index in [0.29, 0.717) is 29.4 Å². The van der Waals surface area contributed by atoms with Crippen LogP contribution in [0, 0.1) is 6.92 Å². The van der Waals surface area contributed by atoms with Crippen molar-refractivity contribution in [3.05, 3.63) is 34.1 Å². The molecule has 0 saturated carbocycles. The van der Waals surface area contributed by atoms with Crippen LogP contribution in [0.5, 0.6) is 0 Å². The predicted octanol–water partition coefficient (Wildman–Crippen LogP) is 1.59. The largest absolute Gasteiger partial charge is 0.365 e. The summed E-state index contributed by atoms with van der Waals surface area (Å²) < 4.78 is 1.84. The highest BCUT2D eigenvalue weighted by Crippen LogP contribution is 2.33. The average molecular weight is 331 g/mol. The Morgan fingerprint density at radius 3 is 3.04 bits per heavy atom. The second-order valence-electron chi connectivity index (χ2n) is 5.62. The number of aromatic nitrogens is 4. The number of nitrogens with one attached hydrogen (secondary N) is 2. The van der Waals surface area contributed by atoms with Gasteiger partial charge in [0.05, 0.1) is 34.0 Å². The molecule has 1 amide bonds. The molecule has 1 aromatic carbocycles. The quantitative estimate of drug-likeness (QED) is 0.664. The van der Waals surface area contributed by atoms with Crippen molar-refractivity contribution in [1.82, 2.24) is 25.3 Å². The Morgan fingerprint density at radius 1 is 1.43 bits per heavy atom. The van der Waals surface area contributed by atoms with Crippen LogP contribution in [0.3, 0.4) is 0 Å². The number of fused-ring (bicyclic) bond motifs is 2. The summed E-state index contributed by atoms with van der Waals surface area (Å²) in [4.78, 5) is 12.0. The van der Waals surface area contributed by atoms with Crippen molar-refractivity contribution in [2.24, 2.45) is 5.73 Å². The predicted molar refractivity (Wildman–Crippen MR) is 87.3 cm³/mol. The fourth-order valence-corrected chi connectivity index (χ4v) is 3.32. The van der Waals surface area contributed by atoms with E-state index in [2.05, 4.69) is 20.6 Å². The zero-order chi connectivity index (χ0) is 16.1. The van der Waals surface area contributed by atoms with Crippen molar-refractivity contribution < 1.29 is 4.79 Å². The standard InChI is InChI=1S/C15H15ClN6O/c1-7-9-4-8(5-10(16)14(9)20-19-7)13-12(15(17)23)11-6-18-2-3-22(11)21-13/h4-5,18H,2-3,6H2,1H3,(H2,17,23)(H,19,20). The summed E-state index contributed by atoms with van der Waals surface area (Å²) >= 11 is 6.35. The van der Waals surface area contributed by atoms with E-state index in [-0.39, 0.29) is 0 Å². The zero-order valence-electron chi connectivity index (χ0n) is 12.5. The van der Waals surface area contributed by atoms with Gasteiger partial charge in [0, 0.05) is 24.0 Å². The van der Waals surface area contributed by atoms with Crippen molar-refractivity contribution in [2.75, 3.05) is 6.54 Å². The average Bonchev–Trinajstić information content (AvgIpc) is 3.09. The molecule has 3 aromatic rings. The lowest BCUT2D eigenvalue weighted by Crippen LogP contribution is -2.30. The van der Waals surface area contributed by atoms with Crippen molar-refractivity contribution in [1.29, 1.82) is 0 Å². The van der Waals surface area contributed by atoms with E-state index < -0.39 is 5.91 Å². The van der Waals surface area contributed by atoms with Gasteiger partial charge in [0.2, 0.25) is 0 Å². The number of carbonyl (C=O) groups is 1. The summed E-state index contributed by atoms with van der Waals surface area (Å²) in [5, 5.41) is 16.4. The van der Waals surface area contributed by atoms with Crippen LogP contribution in [0.4, 0.5) is 0 Å². The smallest absolute Gasteiger partial charge is 0.252 e. The fraction of sp³-hybridized carbons (Fsp3) is 0.267. The monoisotopic (exact) mass is 330 g/mol. The number of benzene rings is 1. The second-order valence-corrected chi connectivity index (χ2v) is 6.03. The number of hydrogen-bond donors (Lipinski definition) is 3. The Balaban J connectivity index is 1.99. The summed E-state index contributed by atoms with van der Waals surface area (Å²) in [6.07, 6.45) is 0. The van der Waals surface area contributed by atoms with Gasteiger partial charge in [-0.3, -0.25) is 14.6 Å². The van der Waals surface area contributed by atoms with Gasteiger partial charge in [-0.15, -0.1) is 0 Å². The Labute approximate surface area is 136 Å². The highest BCUT2D eigenvalue weighted by Gasteiger charge is 2.25. The molecule has 0 aliphatic carbocycles. The van der Waals surface area contributed by atoms with E-state index in [1.807, 2.05) is 17.7 Å². The third-order valence-electron chi connectivity index (χ3n) is 4.19. The maximum absolute atomic E-state index is 12.0. The molecule has 0 saturated heterocycles. The third-order valence-corrected chi connectivity index (χ3v) is 4.48. The maximum Gasteiger partial charge on any atom is 0.252 e. The van der Waals surface area contributed by atoms with E-state index in [9.17, 15) is 4.79 Å². The zero-order valence-corrected chi connectivity index (χ0v) is 13.2. The van der Waals surface area contributed by atoms with E-state index in [0.717, 1.165) is 34.4 Å². The Morgan fingerprint density at radius 2 is 2.26 bits per heavy atom. The molecule has 1 aliphatic heterocycles. The first-order valence-corrected chi connectivity index (χ1v) is 7.69. The Hall–Kier alpha value is -2.38. The fourth-order valence-electron chi connectivity index (χ4n) is 3.06. The number of H-pyrrole nitrogens is 1. The minimum absolute atomic E-state index is 0.453. The highest BCUT2D eigenvalue weighted by molar-refractivity contribution is 6.35. The molecule has 0 fully saturated rings. The number of amides is 1. The van der Waals surface area contributed by atoms with Crippen LogP contribution in [0.1, 0.15) is 21.7 Å². The molecule has 0 unspecified atom stereocenters. The van der Waals surface area contributed by atoms with Gasteiger partial charge in [-0.1, -0.05) is 11.6 Å². The number of nitrogens with zero attached hydrogens (tertiary/aromatic N) is 3. The molecule has 1 aliphatic rings. The molecule has 23 heavy (non-hydrogen) atoms. The summed E-state index contributed by atoms with van der Waals surface area (Å²) in [6.45, 7) is 3.99. The van der Waals surface area contributed by atoms with Gasteiger partial charge in [0.15, 0.2) is 0 Å². The number of carbonyl (C=O) groups excluding carboxylic acids is 1. The molecule has 0 bridgehead atoms. The van der Waals surface area contributed by atoms with Gasteiger partial charge in [-0.05, 0) is 19.1 Å². The lowest BCUT2D eigenvalue weighted by atomic mass is 10.0. The van der Waals surface area contributed by atoms with Crippen LogP contribution in [-0.2, 0) is 13.1 Å². The van der Waals surface area contributed by atoms with E-state index >= 15 is 0 Å². The minimum atomic E-state index is -0.481. The summed E-state index contributed by atoms with van der Waals surface area (Å²) in [5.41, 5.74) is 9.84. The first-order chi connectivity index (χ1) is 11.1. The number of nitrogens with two attached hydrogens (primary N) is 1. The highest BCUT2D eigenvalue weighted by atomic mass is 35.5. The van der Waals surface area contributed by atoms with E-state index in [1.54, 1.807) is 6.07 Å². The molecule has 8 heteroatoms. The van der Waals surface area contributed by atoms with Crippen molar-refractivity contribution in [3.63, 3.8) is 0 Å². The molecule has 2 aromatic heterocycles. The molecular formula is C15H15ClN6O. The minimum Gasteiger partial charge on any atom is -0.365 e. The van der Waals surface area contributed by atoms with Crippen molar-refractivity contribution in [3.8, 4) is 11.3 Å². The summed E-state index contributed by atoms with van der Waals surface area (Å²) in [5.74, 6) is -0.481. The Bertz CT molecular complexity index is 941.